The van der Waals surface area contributed by atoms with Gasteiger partial charge in [0, 0.05) is 25.5 Å². The molecule has 0 unspecified atom stereocenters. The van der Waals surface area contributed by atoms with E-state index in [1.54, 1.807) is 11.1 Å². The molecule has 1 amide bonds. The molecule has 0 atom stereocenters. The lowest BCUT2D eigenvalue weighted by molar-refractivity contribution is 0.123. The molecule has 1 aromatic heterocycles. The van der Waals surface area contributed by atoms with Crippen LogP contribution in [0.2, 0.25) is 0 Å². The molecule has 0 saturated carbocycles. The van der Waals surface area contributed by atoms with Gasteiger partial charge in [0.2, 0.25) is 0 Å². The number of nitrogens with zero attached hydrogens (tertiary/aromatic N) is 2. The van der Waals surface area contributed by atoms with E-state index in [1.165, 1.54) is 7.11 Å². The Hall–Kier alpha value is -1.58. The number of carbonyl (C=O) groups is 1. The number of unbranched alkanes of at least 4 members (excludes halogenated alkanes) is 2. The maximum Gasteiger partial charge on any atom is 0.409 e. The normalized spacial score (nSPS) is 10.1. The van der Waals surface area contributed by atoms with Gasteiger partial charge in [-0.2, -0.15) is 0 Å². The molecule has 0 fully saturated rings. The number of hydrogen-bond donors (Lipinski definition) is 0. The van der Waals surface area contributed by atoms with E-state index in [4.69, 9.17) is 4.74 Å². The summed E-state index contributed by atoms with van der Waals surface area (Å²) in [6.07, 6.45) is 7.48. The molecule has 18 heavy (non-hydrogen) atoms. The summed E-state index contributed by atoms with van der Waals surface area (Å²) in [5.41, 5.74) is 1.14. The average molecular weight is 250 g/mol. The van der Waals surface area contributed by atoms with Gasteiger partial charge >= 0.3 is 6.09 Å². The van der Waals surface area contributed by atoms with E-state index >= 15 is 0 Å². The number of hydrogen-bond acceptors (Lipinski definition) is 3. The highest BCUT2D eigenvalue weighted by Crippen LogP contribution is 2.04. The minimum Gasteiger partial charge on any atom is -0.453 e. The predicted molar refractivity (Wildman–Crippen MR) is 71.4 cm³/mol. The second-order valence-corrected chi connectivity index (χ2v) is 4.28. The standard InChI is InChI=1S/C14H22N2O2/c1-3-4-5-10-16(14(17)18-2)11-8-13-7-6-9-15-12-13/h6-7,9,12H,3-5,8,10-11H2,1-2H3. The lowest BCUT2D eigenvalue weighted by atomic mass is 10.2. The van der Waals surface area contributed by atoms with Crippen molar-refractivity contribution >= 4 is 6.09 Å². The summed E-state index contributed by atoms with van der Waals surface area (Å²) in [7, 11) is 1.43. The van der Waals surface area contributed by atoms with Crippen LogP contribution >= 0.6 is 0 Å². The molecule has 0 spiro atoms. The summed E-state index contributed by atoms with van der Waals surface area (Å²) in [6, 6.07) is 3.93. The van der Waals surface area contributed by atoms with Crippen molar-refractivity contribution < 1.29 is 9.53 Å². The summed E-state index contributed by atoms with van der Waals surface area (Å²) in [6.45, 7) is 3.60. The lowest BCUT2D eigenvalue weighted by Gasteiger charge is -2.21. The third-order valence-electron chi connectivity index (χ3n) is 2.86. The van der Waals surface area contributed by atoms with Crippen molar-refractivity contribution in [3.05, 3.63) is 30.1 Å². The van der Waals surface area contributed by atoms with Crippen LogP contribution in [0.15, 0.2) is 24.5 Å². The van der Waals surface area contributed by atoms with Gasteiger partial charge in [0.25, 0.3) is 0 Å². The van der Waals surface area contributed by atoms with E-state index < -0.39 is 0 Å². The molecule has 0 N–H and O–H groups in total. The minimum atomic E-state index is -0.241. The molecule has 100 valence electrons. The van der Waals surface area contributed by atoms with Crippen molar-refractivity contribution in [3.63, 3.8) is 0 Å². The second-order valence-electron chi connectivity index (χ2n) is 4.28. The Morgan fingerprint density at radius 1 is 1.39 bits per heavy atom. The quantitative estimate of drug-likeness (QED) is 0.699. The fourth-order valence-electron chi connectivity index (χ4n) is 1.79. The zero-order chi connectivity index (χ0) is 13.2. The molecule has 1 rings (SSSR count). The molecule has 4 heteroatoms. The number of rotatable bonds is 7. The van der Waals surface area contributed by atoms with Gasteiger partial charge < -0.3 is 9.64 Å². The summed E-state index contributed by atoms with van der Waals surface area (Å²) >= 11 is 0. The molecular formula is C14H22N2O2. The molecule has 0 bridgehead atoms. The number of carbonyl (C=O) groups excluding carboxylic acids is 1. The average Bonchev–Trinajstić information content (AvgIpc) is 2.43. The van der Waals surface area contributed by atoms with Crippen molar-refractivity contribution in [2.45, 2.75) is 32.6 Å². The molecule has 0 aliphatic rings. The smallest absolute Gasteiger partial charge is 0.409 e. The molecule has 1 aromatic rings. The summed E-state index contributed by atoms with van der Waals surface area (Å²) in [5, 5.41) is 0. The molecule has 0 radical (unpaired) electrons. The van der Waals surface area contributed by atoms with Gasteiger partial charge in [0.15, 0.2) is 0 Å². The topological polar surface area (TPSA) is 42.4 Å². The Labute approximate surface area is 109 Å². The number of methoxy groups -OCH3 is 1. The van der Waals surface area contributed by atoms with E-state index in [1.807, 2.05) is 18.3 Å². The zero-order valence-electron chi connectivity index (χ0n) is 11.3. The third-order valence-corrected chi connectivity index (χ3v) is 2.86. The van der Waals surface area contributed by atoms with Crippen LogP contribution in [0.5, 0.6) is 0 Å². The Kier molecular flexibility index (Phi) is 6.84. The van der Waals surface area contributed by atoms with Crippen LogP contribution in [0.25, 0.3) is 0 Å². The first-order valence-electron chi connectivity index (χ1n) is 6.49. The third kappa shape index (κ3) is 5.17. The Morgan fingerprint density at radius 2 is 2.22 bits per heavy atom. The maximum absolute atomic E-state index is 11.6. The van der Waals surface area contributed by atoms with Crippen LogP contribution < -0.4 is 0 Å². The molecule has 1 heterocycles. The summed E-state index contributed by atoms with van der Waals surface area (Å²) in [5.74, 6) is 0. The van der Waals surface area contributed by atoms with E-state index in [-0.39, 0.29) is 6.09 Å². The minimum absolute atomic E-state index is 0.241. The van der Waals surface area contributed by atoms with Crippen LogP contribution in [0, 0.1) is 0 Å². The Bertz CT molecular complexity index is 341. The van der Waals surface area contributed by atoms with Crippen molar-refractivity contribution in [1.29, 1.82) is 0 Å². The van der Waals surface area contributed by atoms with E-state index in [2.05, 4.69) is 11.9 Å². The highest BCUT2D eigenvalue weighted by Gasteiger charge is 2.12. The van der Waals surface area contributed by atoms with Crippen molar-refractivity contribution in [2.75, 3.05) is 20.2 Å². The van der Waals surface area contributed by atoms with Crippen molar-refractivity contribution in [3.8, 4) is 0 Å². The molecule has 0 aliphatic heterocycles. The Balaban J connectivity index is 2.43. The molecular weight excluding hydrogens is 228 g/mol. The van der Waals surface area contributed by atoms with Gasteiger partial charge in [-0.15, -0.1) is 0 Å². The second kappa shape index (κ2) is 8.50. The van der Waals surface area contributed by atoms with Crippen LogP contribution in [-0.4, -0.2) is 36.2 Å². The van der Waals surface area contributed by atoms with Crippen LogP contribution in [0.3, 0.4) is 0 Å². The summed E-state index contributed by atoms with van der Waals surface area (Å²) < 4.78 is 4.80. The van der Waals surface area contributed by atoms with Gasteiger partial charge in [-0.25, -0.2) is 4.79 Å². The van der Waals surface area contributed by atoms with E-state index in [0.29, 0.717) is 6.54 Å². The fourth-order valence-corrected chi connectivity index (χ4v) is 1.79. The number of aromatic nitrogens is 1. The molecule has 0 saturated heterocycles. The van der Waals surface area contributed by atoms with Crippen LogP contribution in [0.1, 0.15) is 31.7 Å². The largest absolute Gasteiger partial charge is 0.453 e. The molecule has 0 aliphatic carbocycles. The monoisotopic (exact) mass is 250 g/mol. The fraction of sp³-hybridized carbons (Fsp3) is 0.571. The Morgan fingerprint density at radius 3 is 2.83 bits per heavy atom. The van der Waals surface area contributed by atoms with Gasteiger partial charge in [-0.3, -0.25) is 4.98 Å². The van der Waals surface area contributed by atoms with Gasteiger partial charge in [-0.05, 0) is 24.5 Å². The van der Waals surface area contributed by atoms with Crippen molar-refractivity contribution in [2.24, 2.45) is 0 Å². The zero-order valence-corrected chi connectivity index (χ0v) is 11.3. The summed E-state index contributed by atoms with van der Waals surface area (Å²) in [4.78, 5) is 17.5. The van der Waals surface area contributed by atoms with Gasteiger partial charge in [0.05, 0.1) is 7.11 Å². The number of pyridine rings is 1. The highest BCUT2D eigenvalue weighted by molar-refractivity contribution is 5.67. The first-order chi connectivity index (χ1) is 8.77. The van der Waals surface area contributed by atoms with Gasteiger partial charge in [-0.1, -0.05) is 25.8 Å². The first-order valence-corrected chi connectivity index (χ1v) is 6.49. The predicted octanol–water partition coefficient (Wildman–Crippen LogP) is 2.88. The molecule has 4 nitrogen and oxygen atoms in total. The van der Waals surface area contributed by atoms with E-state index in [9.17, 15) is 4.79 Å². The maximum atomic E-state index is 11.6. The lowest BCUT2D eigenvalue weighted by Crippen LogP contribution is -2.33. The SMILES string of the molecule is CCCCCN(CCc1cccnc1)C(=O)OC. The number of amides is 1. The van der Waals surface area contributed by atoms with E-state index in [0.717, 1.165) is 37.8 Å². The molecule has 0 aromatic carbocycles. The highest BCUT2D eigenvalue weighted by atomic mass is 16.5. The first kappa shape index (κ1) is 14.5. The van der Waals surface area contributed by atoms with Crippen LogP contribution in [0.4, 0.5) is 4.79 Å². The number of ether oxygens (including phenoxy) is 1. The van der Waals surface area contributed by atoms with Crippen molar-refractivity contribution in [1.82, 2.24) is 9.88 Å². The van der Waals surface area contributed by atoms with Crippen LogP contribution in [-0.2, 0) is 11.2 Å². The van der Waals surface area contributed by atoms with Gasteiger partial charge in [0.1, 0.15) is 0 Å².